The number of Topliss-reactive ketones (excluding diaryl/α,β-unsaturated/α-hetero) is 1. The standard InChI is InChI=1S/C25H13Cl2F5O5/c1-9-5-13(36-25(34)10(2)35-24-21(31)19(29)18(28)20(30)22(24)32)8-15-17(9)23(33)16(37-15)6-11-3-4-12(26)7-14(11)27/h3-8,10H,1-2H3/b16-6-. The molecule has 12 heteroatoms. The number of hydrogen-bond acceptors (Lipinski definition) is 5. The molecule has 0 fully saturated rings. The van der Waals surface area contributed by atoms with Gasteiger partial charge in [0.1, 0.15) is 11.5 Å². The van der Waals surface area contributed by atoms with Gasteiger partial charge in [-0.15, -0.1) is 0 Å². The lowest BCUT2D eigenvalue weighted by Crippen LogP contribution is -2.29. The van der Waals surface area contributed by atoms with Gasteiger partial charge in [-0.05, 0) is 49.2 Å². The molecule has 0 amide bonds. The molecular weight excluding hydrogens is 546 g/mol. The minimum atomic E-state index is -2.37. The quantitative estimate of drug-likeness (QED) is 0.0843. The van der Waals surface area contributed by atoms with Crippen LogP contribution in [0.15, 0.2) is 36.1 Å². The maximum absolute atomic E-state index is 13.9. The first-order valence-electron chi connectivity index (χ1n) is 10.3. The van der Waals surface area contributed by atoms with Gasteiger partial charge in [0.25, 0.3) is 0 Å². The van der Waals surface area contributed by atoms with Crippen LogP contribution < -0.4 is 14.2 Å². The smallest absolute Gasteiger partial charge is 0.352 e. The van der Waals surface area contributed by atoms with E-state index in [1.54, 1.807) is 19.1 Å². The predicted octanol–water partition coefficient (Wildman–Crippen LogP) is 6.99. The second kappa shape index (κ2) is 10.0. The molecule has 1 atom stereocenters. The molecule has 1 aliphatic heterocycles. The number of carbonyl (C=O) groups is 2. The summed E-state index contributed by atoms with van der Waals surface area (Å²) >= 11 is 12.0. The van der Waals surface area contributed by atoms with Crippen molar-refractivity contribution in [3.05, 3.63) is 91.9 Å². The Kier molecular flexibility index (Phi) is 7.16. The average Bonchev–Trinajstić information content (AvgIpc) is 3.16. The van der Waals surface area contributed by atoms with E-state index in [0.717, 1.165) is 6.92 Å². The number of carbonyl (C=O) groups excluding carboxylic acids is 2. The molecule has 5 nitrogen and oxygen atoms in total. The van der Waals surface area contributed by atoms with Gasteiger partial charge >= 0.3 is 5.97 Å². The topological polar surface area (TPSA) is 61.8 Å². The Morgan fingerprint density at radius 1 is 0.973 bits per heavy atom. The number of ketones is 1. The van der Waals surface area contributed by atoms with Gasteiger partial charge in [-0.1, -0.05) is 29.3 Å². The van der Waals surface area contributed by atoms with Gasteiger partial charge in [0.05, 0.1) is 5.56 Å². The van der Waals surface area contributed by atoms with Gasteiger partial charge in [-0.25, -0.2) is 18.0 Å². The van der Waals surface area contributed by atoms with E-state index in [2.05, 4.69) is 4.74 Å². The number of allylic oxidation sites excluding steroid dienone is 1. The van der Waals surface area contributed by atoms with Crippen molar-refractivity contribution in [2.45, 2.75) is 20.0 Å². The average molecular weight is 559 g/mol. The van der Waals surface area contributed by atoms with E-state index in [-0.39, 0.29) is 27.8 Å². The Labute approximate surface area is 216 Å². The third kappa shape index (κ3) is 4.99. The first-order chi connectivity index (χ1) is 17.4. The van der Waals surface area contributed by atoms with Gasteiger partial charge in [0.15, 0.2) is 17.6 Å². The number of esters is 1. The molecule has 0 aromatic heterocycles. The summed E-state index contributed by atoms with van der Waals surface area (Å²) in [4.78, 5) is 25.3. The van der Waals surface area contributed by atoms with E-state index in [1.807, 2.05) is 0 Å². The van der Waals surface area contributed by atoms with Crippen LogP contribution in [0.1, 0.15) is 28.4 Å². The van der Waals surface area contributed by atoms with Gasteiger partial charge in [0.2, 0.25) is 34.9 Å². The van der Waals surface area contributed by atoms with Crippen LogP contribution in [0.25, 0.3) is 6.08 Å². The van der Waals surface area contributed by atoms with Crippen molar-refractivity contribution in [3.63, 3.8) is 0 Å². The first kappa shape index (κ1) is 26.4. The third-order valence-electron chi connectivity index (χ3n) is 5.21. The van der Waals surface area contributed by atoms with Crippen LogP contribution in [0.5, 0.6) is 17.2 Å². The van der Waals surface area contributed by atoms with Crippen LogP contribution in [0, 0.1) is 36.0 Å². The monoisotopic (exact) mass is 558 g/mol. The summed E-state index contributed by atoms with van der Waals surface area (Å²) in [5.74, 6) is -14.8. The molecule has 3 aromatic carbocycles. The molecule has 192 valence electrons. The molecule has 0 saturated heterocycles. The molecular formula is C25H13Cl2F5O5. The van der Waals surface area contributed by atoms with Crippen LogP contribution >= 0.6 is 23.2 Å². The highest BCUT2D eigenvalue weighted by Crippen LogP contribution is 2.38. The van der Waals surface area contributed by atoms with Crippen molar-refractivity contribution < 1.29 is 45.8 Å². The molecule has 0 aliphatic carbocycles. The van der Waals surface area contributed by atoms with Crippen LogP contribution in [0.3, 0.4) is 0 Å². The number of benzene rings is 3. The lowest BCUT2D eigenvalue weighted by atomic mass is 10.0. The fraction of sp³-hybridized carbons (Fsp3) is 0.120. The Bertz CT molecular complexity index is 1480. The van der Waals surface area contributed by atoms with E-state index in [0.29, 0.717) is 16.1 Å². The Morgan fingerprint density at radius 3 is 2.22 bits per heavy atom. The molecule has 4 rings (SSSR count). The maximum atomic E-state index is 13.9. The fourth-order valence-electron chi connectivity index (χ4n) is 3.41. The second-order valence-corrected chi connectivity index (χ2v) is 8.64. The molecule has 0 radical (unpaired) electrons. The SMILES string of the molecule is Cc1cc(OC(=O)C(C)Oc2c(F)c(F)c(F)c(F)c2F)cc2c1C(=O)/C(=C/c1ccc(Cl)cc1Cl)O2. The zero-order valence-corrected chi connectivity index (χ0v) is 20.2. The zero-order valence-electron chi connectivity index (χ0n) is 18.7. The lowest BCUT2D eigenvalue weighted by Gasteiger charge is -2.16. The summed E-state index contributed by atoms with van der Waals surface area (Å²) in [7, 11) is 0. The summed E-state index contributed by atoms with van der Waals surface area (Å²) in [5.41, 5.74) is 1.02. The van der Waals surface area contributed by atoms with E-state index in [4.69, 9.17) is 32.7 Å². The van der Waals surface area contributed by atoms with Crippen molar-refractivity contribution in [1.29, 1.82) is 0 Å². The van der Waals surface area contributed by atoms with E-state index in [1.165, 1.54) is 24.3 Å². The van der Waals surface area contributed by atoms with Crippen LogP contribution in [0.2, 0.25) is 10.0 Å². The highest BCUT2D eigenvalue weighted by molar-refractivity contribution is 6.35. The molecule has 0 spiro atoms. The largest absolute Gasteiger partial charge is 0.473 e. The number of fused-ring (bicyclic) bond motifs is 1. The van der Waals surface area contributed by atoms with E-state index >= 15 is 0 Å². The summed E-state index contributed by atoms with van der Waals surface area (Å²) in [6.45, 7) is 2.53. The van der Waals surface area contributed by atoms with Crippen LogP contribution in [0.4, 0.5) is 22.0 Å². The van der Waals surface area contributed by atoms with Crippen LogP contribution in [-0.4, -0.2) is 17.9 Å². The lowest BCUT2D eigenvalue weighted by molar-refractivity contribution is -0.141. The summed E-state index contributed by atoms with van der Waals surface area (Å²) in [6.07, 6.45) is -0.376. The number of aryl methyl sites for hydroxylation is 1. The van der Waals surface area contributed by atoms with Gasteiger partial charge in [0, 0.05) is 16.1 Å². The number of halogens is 7. The molecule has 1 heterocycles. The Balaban J connectivity index is 1.55. The molecule has 0 saturated carbocycles. The van der Waals surface area contributed by atoms with Crippen molar-refractivity contribution in [3.8, 4) is 17.2 Å². The minimum absolute atomic E-state index is 0.0532. The summed E-state index contributed by atoms with van der Waals surface area (Å²) < 4.78 is 83.2. The van der Waals surface area contributed by atoms with Gasteiger partial charge < -0.3 is 14.2 Å². The van der Waals surface area contributed by atoms with Crippen molar-refractivity contribution in [2.24, 2.45) is 0 Å². The molecule has 0 bridgehead atoms. The van der Waals surface area contributed by atoms with Crippen molar-refractivity contribution in [2.75, 3.05) is 0 Å². The molecule has 37 heavy (non-hydrogen) atoms. The van der Waals surface area contributed by atoms with Crippen LogP contribution in [-0.2, 0) is 4.79 Å². The second-order valence-electron chi connectivity index (χ2n) is 7.80. The Hall–Kier alpha value is -3.63. The highest BCUT2D eigenvalue weighted by atomic mass is 35.5. The highest BCUT2D eigenvalue weighted by Gasteiger charge is 2.32. The third-order valence-corrected chi connectivity index (χ3v) is 5.77. The first-order valence-corrected chi connectivity index (χ1v) is 11.1. The van der Waals surface area contributed by atoms with Gasteiger partial charge in [-0.3, -0.25) is 4.79 Å². The number of rotatable bonds is 5. The number of ether oxygens (including phenoxy) is 3. The number of hydrogen-bond donors (Lipinski definition) is 0. The van der Waals surface area contributed by atoms with E-state index in [9.17, 15) is 31.5 Å². The summed E-state index contributed by atoms with van der Waals surface area (Å²) in [6, 6.07) is 7.18. The minimum Gasteiger partial charge on any atom is -0.473 e. The molecule has 0 N–H and O–H groups in total. The van der Waals surface area contributed by atoms with Gasteiger partial charge in [-0.2, -0.15) is 8.78 Å². The zero-order chi connectivity index (χ0) is 27.2. The predicted molar refractivity (Wildman–Crippen MR) is 123 cm³/mol. The molecule has 1 aliphatic rings. The molecule has 3 aromatic rings. The normalized spacial score (nSPS) is 14.4. The fourth-order valence-corrected chi connectivity index (χ4v) is 3.87. The van der Waals surface area contributed by atoms with Crippen molar-refractivity contribution >= 4 is 41.0 Å². The van der Waals surface area contributed by atoms with Crippen molar-refractivity contribution in [1.82, 2.24) is 0 Å². The maximum Gasteiger partial charge on any atom is 0.352 e. The van der Waals surface area contributed by atoms with E-state index < -0.39 is 52.7 Å². The molecule has 1 unspecified atom stereocenters. The Morgan fingerprint density at radius 2 is 1.59 bits per heavy atom. The summed E-state index contributed by atoms with van der Waals surface area (Å²) in [5, 5.41) is 0.677.